The van der Waals surface area contributed by atoms with Crippen LogP contribution in [0.5, 0.6) is 0 Å². The molecule has 1 rings (SSSR count). The van der Waals surface area contributed by atoms with Crippen LogP contribution in [0.3, 0.4) is 0 Å². The SMILES string of the molecule is CCC[C@H](N[C@@H](C)C(=O)O)C(=O)C1CO1. The average molecular weight is 215 g/mol. The molecule has 3 atom stereocenters. The van der Waals surface area contributed by atoms with E-state index in [2.05, 4.69) is 5.32 Å². The minimum absolute atomic E-state index is 0.0232. The van der Waals surface area contributed by atoms with Gasteiger partial charge in [-0.1, -0.05) is 13.3 Å². The van der Waals surface area contributed by atoms with Gasteiger partial charge in [-0.25, -0.2) is 0 Å². The topological polar surface area (TPSA) is 78.9 Å². The molecular weight excluding hydrogens is 198 g/mol. The van der Waals surface area contributed by atoms with Crippen molar-refractivity contribution in [2.24, 2.45) is 0 Å². The number of carbonyl (C=O) groups excluding carboxylic acids is 1. The van der Waals surface area contributed by atoms with E-state index in [1.807, 2.05) is 6.92 Å². The molecule has 1 saturated heterocycles. The van der Waals surface area contributed by atoms with Gasteiger partial charge in [0.15, 0.2) is 5.78 Å². The molecule has 15 heavy (non-hydrogen) atoms. The van der Waals surface area contributed by atoms with Crippen molar-refractivity contribution in [1.29, 1.82) is 0 Å². The Labute approximate surface area is 88.8 Å². The summed E-state index contributed by atoms with van der Waals surface area (Å²) in [5.74, 6) is -0.967. The number of carboxylic acids is 1. The van der Waals surface area contributed by atoms with Gasteiger partial charge in [0.1, 0.15) is 12.1 Å². The molecule has 1 heterocycles. The predicted molar refractivity (Wildman–Crippen MR) is 53.7 cm³/mol. The van der Waals surface area contributed by atoms with Gasteiger partial charge in [-0.3, -0.25) is 14.9 Å². The predicted octanol–water partition coefficient (Wildman–Crippen LogP) is 0.186. The zero-order valence-electron chi connectivity index (χ0n) is 9.03. The molecule has 0 bridgehead atoms. The third-order valence-corrected chi connectivity index (χ3v) is 2.39. The first kappa shape index (κ1) is 12.1. The molecule has 1 unspecified atom stereocenters. The highest BCUT2D eigenvalue weighted by molar-refractivity contribution is 5.90. The second-order valence-electron chi connectivity index (χ2n) is 3.79. The molecule has 2 N–H and O–H groups in total. The summed E-state index contributed by atoms with van der Waals surface area (Å²) >= 11 is 0. The maximum absolute atomic E-state index is 11.7. The van der Waals surface area contributed by atoms with Crippen molar-refractivity contribution in [3.63, 3.8) is 0 Å². The van der Waals surface area contributed by atoms with Gasteiger partial charge in [-0.05, 0) is 13.3 Å². The average Bonchev–Trinajstić information content (AvgIpc) is 2.99. The number of rotatable bonds is 7. The molecule has 5 nitrogen and oxygen atoms in total. The molecule has 0 aromatic heterocycles. The Hall–Kier alpha value is -0.940. The summed E-state index contributed by atoms with van der Waals surface area (Å²) in [5, 5.41) is 11.5. The summed E-state index contributed by atoms with van der Waals surface area (Å²) in [6, 6.07) is -1.10. The summed E-state index contributed by atoms with van der Waals surface area (Å²) < 4.78 is 4.90. The van der Waals surface area contributed by atoms with E-state index >= 15 is 0 Å². The molecule has 86 valence electrons. The third-order valence-electron chi connectivity index (χ3n) is 2.39. The molecule has 0 aromatic rings. The van der Waals surface area contributed by atoms with Crippen LogP contribution in [-0.4, -0.2) is 41.7 Å². The van der Waals surface area contributed by atoms with Crippen LogP contribution < -0.4 is 5.32 Å². The summed E-state index contributed by atoms with van der Waals surface area (Å²) in [7, 11) is 0. The monoisotopic (exact) mass is 215 g/mol. The number of ketones is 1. The molecule has 0 radical (unpaired) electrons. The zero-order chi connectivity index (χ0) is 11.4. The van der Waals surface area contributed by atoms with Crippen LogP contribution in [0.2, 0.25) is 0 Å². The molecule has 0 amide bonds. The molecular formula is C10H17NO4. The van der Waals surface area contributed by atoms with E-state index < -0.39 is 18.1 Å². The van der Waals surface area contributed by atoms with Crippen LogP contribution >= 0.6 is 0 Å². The molecule has 5 heteroatoms. The second kappa shape index (κ2) is 5.23. The number of nitrogens with one attached hydrogen (secondary N) is 1. The van der Waals surface area contributed by atoms with Gasteiger partial charge < -0.3 is 9.84 Å². The van der Waals surface area contributed by atoms with Crippen LogP contribution in [0.15, 0.2) is 0 Å². The Bertz CT molecular complexity index is 250. The van der Waals surface area contributed by atoms with Crippen LogP contribution in [0.25, 0.3) is 0 Å². The van der Waals surface area contributed by atoms with Gasteiger partial charge in [0.05, 0.1) is 12.6 Å². The van der Waals surface area contributed by atoms with E-state index in [-0.39, 0.29) is 11.9 Å². The maximum atomic E-state index is 11.7. The van der Waals surface area contributed by atoms with Gasteiger partial charge >= 0.3 is 5.97 Å². The normalized spacial score (nSPS) is 23.2. The quantitative estimate of drug-likeness (QED) is 0.592. The Morgan fingerprint density at radius 3 is 2.60 bits per heavy atom. The summed E-state index contributed by atoms with van der Waals surface area (Å²) in [4.78, 5) is 22.3. The second-order valence-corrected chi connectivity index (χ2v) is 3.79. The van der Waals surface area contributed by atoms with Gasteiger partial charge in [-0.2, -0.15) is 0 Å². The Kier molecular flexibility index (Phi) is 4.23. The lowest BCUT2D eigenvalue weighted by atomic mass is 10.0. The summed E-state index contributed by atoms with van der Waals surface area (Å²) in [6.45, 7) is 3.97. The molecule has 0 spiro atoms. The fourth-order valence-corrected chi connectivity index (χ4v) is 1.41. The van der Waals surface area contributed by atoms with E-state index in [1.165, 1.54) is 6.92 Å². The first-order valence-corrected chi connectivity index (χ1v) is 5.20. The number of carboxylic acid groups (broad SMARTS) is 1. The van der Waals surface area contributed by atoms with Crippen molar-refractivity contribution >= 4 is 11.8 Å². The number of hydrogen-bond acceptors (Lipinski definition) is 4. The van der Waals surface area contributed by atoms with Crippen LogP contribution in [-0.2, 0) is 14.3 Å². The molecule has 1 fully saturated rings. The van der Waals surface area contributed by atoms with E-state index in [0.717, 1.165) is 6.42 Å². The van der Waals surface area contributed by atoms with Crippen LogP contribution in [0.1, 0.15) is 26.7 Å². The highest BCUT2D eigenvalue weighted by Gasteiger charge is 2.36. The standard InChI is InChI=1S/C10H17NO4/c1-3-4-7(9(12)8-5-15-8)11-6(2)10(13)14/h6-8,11H,3-5H2,1-2H3,(H,13,14)/t6-,7-,8?/m0/s1. The first-order valence-electron chi connectivity index (χ1n) is 5.20. The minimum atomic E-state index is -0.944. The van der Waals surface area contributed by atoms with Crippen molar-refractivity contribution in [3.8, 4) is 0 Å². The van der Waals surface area contributed by atoms with Gasteiger partial charge in [-0.15, -0.1) is 0 Å². The lowest BCUT2D eigenvalue weighted by Gasteiger charge is -2.18. The maximum Gasteiger partial charge on any atom is 0.320 e. The fourth-order valence-electron chi connectivity index (χ4n) is 1.41. The van der Waals surface area contributed by atoms with Crippen molar-refractivity contribution in [1.82, 2.24) is 5.32 Å². The van der Waals surface area contributed by atoms with Gasteiger partial charge in [0, 0.05) is 0 Å². The molecule has 0 saturated carbocycles. The van der Waals surface area contributed by atoms with E-state index in [1.54, 1.807) is 0 Å². The number of epoxide rings is 1. The number of ether oxygens (including phenoxy) is 1. The van der Waals surface area contributed by atoms with Crippen molar-refractivity contribution in [2.75, 3.05) is 6.61 Å². The molecule has 0 aliphatic carbocycles. The number of hydrogen-bond donors (Lipinski definition) is 2. The minimum Gasteiger partial charge on any atom is -0.480 e. The van der Waals surface area contributed by atoms with Gasteiger partial charge in [0.2, 0.25) is 0 Å². The Morgan fingerprint density at radius 2 is 2.20 bits per heavy atom. The highest BCUT2D eigenvalue weighted by atomic mass is 16.6. The van der Waals surface area contributed by atoms with E-state index in [9.17, 15) is 9.59 Å². The van der Waals surface area contributed by atoms with E-state index in [4.69, 9.17) is 9.84 Å². The number of aliphatic carboxylic acids is 1. The van der Waals surface area contributed by atoms with Crippen molar-refractivity contribution < 1.29 is 19.4 Å². The van der Waals surface area contributed by atoms with E-state index in [0.29, 0.717) is 13.0 Å². The smallest absolute Gasteiger partial charge is 0.320 e. The summed E-state index contributed by atoms with van der Waals surface area (Å²) in [5.41, 5.74) is 0. The lowest BCUT2D eigenvalue weighted by molar-refractivity contribution is -0.139. The molecule has 0 aromatic carbocycles. The lowest BCUT2D eigenvalue weighted by Crippen LogP contribution is -2.47. The summed E-state index contributed by atoms with van der Waals surface area (Å²) in [6.07, 6.45) is 1.17. The first-order chi connectivity index (χ1) is 7.06. The largest absolute Gasteiger partial charge is 0.480 e. The number of Topliss-reactive ketones (excluding diaryl/α,β-unsaturated/α-hetero) is 1. The Balaban J connectivity index is 2.48. The Morgan fingerprint density at radius 1 is 1.60 bits per heavy atom. The highest BCUT2D eigenvalue weighted by Crippen LogP contribution is 2.15. The number of carbonyl (C=O) groups is 2. The molecule has 1 aliphatic rings. The van der Waals surface area contributed by atoms with Crippen molar-refractivity contribution in [3.05, 3.63) is 0 Å². The van der Waals surface area contributed by atoms with Crippen LogP contribution in [0.4, 0.5) is 0 Å². The van der Waals surface area contributed by atoms with Gasteiger partial charge in [0.25, 0.3) is 0 Å². The zero-order valence-corrected chi connectivity index (χ0v) is 9.03. The fraction of sp³-hybridized carbons (Fsp3) is 0.800. The van der Waals surface area contributed by atoms with Crippen molar-refractivity contribution in [2.45, 2.75) is 44.9 Å². The third kappa shape index (κ3) is 3.60. The van der Waals surface area contributed by atoms with Crippen LogP contribution in [0, 0.1) is 0 Å². The molecule has 1 aliphatic heterocycles.